The Labute approximate surface area is 167 Å². The zero-order chi connectivity index (χ0) is 20.7. The molecule has 0 saturated carbocycles. The number of anilines is 2. The van der Waals surface area contributed by atoms with Gasteiger partial charge in [-0.15, -0.1) is 0 Å². The highest BCUT2D eigenvalue weighted by molar-refractivity contribution is 6.03. The molecule has 1 aliphatic heterocycles. The average Bonchev–Trinajstić information content (AvgIpc) is 3.21. The van der Waals surface area contributed by atoms with Crippen molar-refractivity contribution in [3.05, 3.63) is 58.6 Å². The summed E-state index contributed by atoms with van der Waals surface area (Å²) < 4.78 is 6.87. The van der Waals surface area contributed by atoms with Crippen molar-refractivity contribution < 1.29 is 14.0 Å². The van der Waals surface area contributed by atoms with Gasteiger partial charge in [0, 0.05) is 36.4 Å². The lowest BCUT2D eigenvalue weighted by Crippen LogP contribution is -2.28. The maximum atomic E-state index is 12.7. The van der Waals surface area contributed by atoms with Crippen molar-refractivity contribution in [1.29, 1.82) is 0 Å². The van der Waals surface area contributed by atoms with E-state index in [1.165, 1.54) is 0 Å². The normalized spacial score (nSPS) is 16.8. The quantitative estimate of drug-likeness (QED) is 0.735. The molecule has 2 heterocycles. The second-order valence-corrected chi connectivity index (χ2v) is 7.74. The van der Waals surface area contributed by atoms with Gasteiger partial charge in [-0.2, -0.15) is 0 Å². The minimum atomic E-state index is -0.438. The fourth-order valence-corrected chi connectivity index (χ4v) is 3.70. The van der Waals surface area contributed by atoms with Crippen LogP contribution in [0.15, 0.2) is 51.7 Å². The summed E-state index contributed by atoms with van der Waals surface area (Å²) in [6.45, 7) is 6.14. The maximum Gasteiger partial charge on any atom is 0.420 e. The number of carbonyl (C=O) groups excluding carboxylic acids is 2. The Morgan fingerprint density at radius 1 is 1.14 bits per heavy atom. The smallest absolute Gasteiger partial charge is 0.408 e. The number of nitrogens with one attached hydrogen (secondary N) is 1. The van der Waals surface area contributed by atoms with Gasteiger partial charge in [0.1, 0.15) is 0 Å². The second-order valence-electron chi connectivity index (χ2n) is 7.74. The molecule has 1 N–H and O–H groups in total. The molecule has 0 bridgehead atoms. The topological polar surface area (TPSA) is 84.6 Å². The minimum Gasteiger partial charge on any atom is -0.408 e. The Hall–Kier alpha value is -3.35. The summed E-state index contributed by atoms with van der Waals surface area (Å²) >= 11 is 0. The summed E-state index contributed by atoms with van der Waals surface area (Å²) in [6.07, 6.45) is 0.167. The van der Waals surface area contributed by atoms with Gasteiger partial charge in [-0.3, -0.25) is 14.2 Å². The lowest BCUT2D eigenvalue weighted by molar-refractivity contribution is -0.122. The molecule has 1 aromatic heterocycles. The third-order valence-electron chi connectivity index (χ3n) is 5.24. The average molecular weight is 393 g/mol. The fourth-order valence-electron chi connectivity index (χ4n) is 3.70. The van der Waals surface area contributed by atoms with Crippen LogP contribution in [0.25, 0.3) is 11.1 Å². The Morgan fingerprint density at radius 2 is 1.86 bits per heavy atom. The van der Waals surface area contributed by atoms with E-state index >= 15 is 0 Å². The predicted molar refractivity (Wildman–Crippen MR) is 111 cm³/mol. The number of carbonyl (C=O) groups is 2. The van der Waals surface area contributed by atoms with Gasteiger partial charge in [-0.25, -0.2) is 4.79 Å². The first-order valence-electron chi connectivity index (χ1n) is 9.66. The van der Waals surface area contributed by atoms with Crippen molar-refractivity contribution in [1.82, 2.24) is 4.57 Å². The molecule has 7 heteroatoms. The van der Waals surface area contributed by atoms with Crippen LogP contribution in [0.2, 0.25) is 0 Å². The summed E-state index contributed by atoms with van der Waals surface area (Å²) in [5, 5.41) is 2.85. The van der Waals surface area contributed by atoms with Crippen LogP contribution in [0.3, 0.4) is 0 Å². The number of amides is 2. The third-order valence-corrected chi connectivity index (χ3v) is 5.24. The van der Waals surface area contributed by atoms with E-state index in [0.29, 0.717) is 23.3 Å². The highest BCUT2D eigenvalue weighted by atomic mass is 16.4. The Bertz CT molecular complexity index is 1140. The van der Waals surface area contributed by atoms with Crippen LogP contribution in [0.1, 0.15) is 31.9 Å². The SMILES string of the molecule is Cc1ccc(N2CC(C(=O)Nc3ccc4c(c3)oc(=O)n4C(C)C)CC2=O)cc1. The van der Waals surface area contributed by atoms with E-state index in [-0.39, 0.29) is 24.3 Å². The van der Waals surface area contributed by atoms with Crippen LogP contribution >= 0.6 is 0 Å². The number of rotatable bonds is 4. The first-order chi connectivity index (χ1) is 13.8. The Balaban J connectivity index is 1.50. The number of aryl methyl sites for hydroxylation is 1. The van der Waals surface area contributed by atoms with E-state index in [1.807, 2.05) is 45.0 Å². The van der Waals surface area contributed by atoms with Crippen molar-refractivity contribution in [2.75, 3.05) is 16.8 Å². The molecule has 0 spiro atoms. The van der Waals surface area contributed by atoms with Crippen LogP contribution in [-0.4, -0.2) is 22.9 Å². The summed E-state index contributed by atoms with van der Waals surface area (Å²) in [5.41, 5.74) is 3.56. The standard InChI is InChI=1S/C22H23N3O4/c1-13(2)25-18-9-6-16(11-19(18)29-22(25)28)23-21(27)15-10-20(26)24(12-15)17-7-4-14(3)5-8-17/h4-9,11,13,15H,10,12H2,1-3H3,(H,23,27). The van der Waals surface area contributed by atoms with Crippen LogP contribution in [0, 0.1) is 12.8 Å². The Kier molecular flexibility index (Phi) is 4.74. The molecule has 2 aromatic carbocycles. The van der Waals surface area contributed by atoms with Crippen molar-refractivity contribution >= 4 is 34.3 Å². The van der Waals surface area contributed by atoms with E-state index in [4.69, 9.17) is 4.42 Å². The molecule has 29 heavy (non-hydrogen) atoms. The highest BCUT2D eigenvalue weighted by Gasteiger charge is 2.35. The molecule has 0 radical (unpaired) electrons. The van der Waals surface area contributed by atoms with Crippen LogP contribution < -0.4 is 16.0 Å². The second kappa shape index (κ2) is 7.24. The molecule has 1 atom stereocenters. The lowest BCUT2D eigenvalue weighted by atomic mass is 10.1. The summed E-state index contributed by atoms with van der Waals surface area (Å²) in [6, 6.07) is 12.8. The molecule has 1 fully saturated rings. The number of nitrogens with zero attached hydrogens (tertiary/aromatic N) is 2. The molecular weight excluding hydrogens is 370 g/mol. The van der Waals surface area contributed by atoms with Gasteiger partial charge in [0.25, 0.3) is 0 Å². The van der Waals surface area contributed by atoms with Crippen molar-refractivity contribution in [3.63, 3.8) is 0 Å². The molecule has 0 aliphatic carbocycles. The number of aromatic nitrogens is 1. The molecule has 1 aliphatic rings. The van der Waals surface area contributed by atoms with Gasteiger partial charge in [0.2, 0.25) is 11.8 Å². The molecule has 3 aromatic rings. The highest BCUT2D eigenvalue weighted by Crippen LogP contribution is 2.27. The number of hydrogen-bond donors (Lipinski definition) is 1. The Morgan fingerprint density at radius 3 is 2.55 bits per heavy atom. The monoisotopic (exact) mass is 393 g/mol. The first kappa shape index (κ1) is 19.0. The van der Waals surface area contributed by atoms with Crippen LogP contribution in [0.4, 0.5) is 11.4 Å². The largest absolute Gasteiger partial charge is 0.420 e. The summed E-state index contributed by atoms with van der Waals surface area (Å²) in [4.78, 5) is 38.8. The zero-order valence-electron chi connectivity index (χ0n) is 16.6. The van der Waals surface area contributed by atoms with Crippen molar-refractivity contribution in [2.24, 2.45) is 5.92 Å². The van der Waals surface area contributed by atoms with Gasteiger partial charge >= 0.3 is 5.76 Å². The fraction of sp³-hybridized carbons (Fsp3) is 0.318. The molecule has 7 nitrogen and oxygen atoms in total. The summed E-state index contributed by atoms with van der Waals surface area (Å²) in [5.74, 6) is -1.15. The summed E-state index contributed by atoms with van der Waals surface area (Å²) in [7, 11) is 0. The van der Waals surface area contributed by atoms with E-state index in [0.717, 1.165) is 11.3 Å². The number of hydrogen-bond acceptors (Lipinski definition) is 4. The van der Waals surface area contributed by atoms with E-state index in [1.54, 1.807) is 27.7 Å². The minimum absolute atomic E-state index is 0.0264. The third kappa shape index (κ3) is 3.55. The molecule has 4 rings (SSSR count). The van der Waals surface area contributed by atoms with Crippen LogP contribution in [0.5, 0.6) is 0 Å². The number of fused-ring (bicyclic) bond motifs is 1. The number of benzene rings is 2. The van der Waals surface area contributed by atoms with Gasteiger partial charge in [-0.05, 0) is 45.0 Å². The van der Waals surface area contributed by atoms with E-state index in [9.17, 15) is 14.4 Å². The zero-order valence-corrected chi connectivity index (χ0v) is 16.6. The first-order valence-corrected chi connectivity index (χ1v) is 9.66. The molecule has 2 amide bonds. The van der Waals surface area contributed by atoms with Crippen molar-refractivity contribution in [3.8, 4) is 0 Å². The van der Waals surface area contributed by atoms with Gasteiger partial charge < -0.3 is 14.6 Å². The van der Waals surface area contributed by atoms with Gasteiger partial charge in [-0.1, -0.05) is 17.7 Å². The maximum absolute atomic E-state index is 12.7. The molecule has 150 valence electrons. The van der Waals surface area contributed by atoms with E-state index in [2.05, 4.69) is 5.32 Å². The molecular formula is C22H23N3O4. The number of oxazole rings is 1. The van der Waals surface area contributed by atoms with Gasteiger partial charge in [0.05, 0.1) is 11.4 Å². The molecule has 1 unspecified atom stereocenters. The van der Waals surface area contributed by atoms with E-state index < -0.39 is 11.7 Å². The predicted octanol–water partition coefficient (Wildman–Crippen LogP) is 3.48. The van der Waals surface area contributed by atoms with Crippen molar-refractivity contribution in [2.45, 2.75) is 33.2 Å². The van der Waals surface area contributed by atoms with Gasteiger partial charge in [0.15, 0.2) is 5.58 Å². The lowest BCUT2D eigenvalue weighted by Gasteiger charge is -2.17. The molecule has 1 saturated heterocycles. The van der Waals surface area contributed by atoms with Crippen LogP contribution in [-0.2, 0) is 9.59 Å².